The van der Waals surface area contributed by atoms with Gasteiger partial charge in [0, 0.05) is 16.8 Å². The normalized spacial score (nSPS) is 18.2. The fourth-order valence-corrected chi connectivity index (χ4v) is 3.06. The molecule has 0 saturated heterocycles. The zero-order valence-corrected chi connectivity index (χ0v) is 14.0. The number of aromatic nitrogens is 3. The van der Waals surface area contributed by atoms with E-state index in [4.69, 9.17) is 0 Å². The average Bonchev–Trinajstić information content (AvgIpc) is 2.62. The number of anilines is 1. The summed E-state index contributed by atoms with van der Waals surface area (Å²) in [6.45, 7) is 4.06. The van der Waals surface area contributed by atoms with Crippen molar-refractivity contribution in [3.05, 3.63) is 64.7 Å². The highest BCUT2D eigenvalue weighted by atomic mass is 19.1. The smallest absolute Gasteiger partial charge is 0.300 e. The molecule has 0 aliphatic carbocycles. The Morgan fingerprint density at radius 2 is 1.88 bits per heavy atom. The number of nitrogens with one attached hydrogen (secondary N) is 1. The number of rotatable bonds is 2. The molecule has 1 atom stereocenters. The van der Waals surface area contributed by atoms with Gasteiger partial charge in [0.15, 0.2) is 11.5 Å². The fourth-order valence-electron chi connectivity index (χ4n) is 3.06. The lowest BCUT2D eigenvalue weighted by Crippen LogP contribution is -2.44. The molecule has 2 aromatic carbocycles. The lowest BCUT2D eigenvalue weighted by Gasteiger charge is -2.38. The van der Waals surface area contributed by atoms with Gasteiger partial charge in [-0.2, -0.15) is 10.1 Å². The molecule has 0 fully saturated rings. The van der Waals surface area contributed by atoms with Gasteiger partial charge in [0.05, 0.1) is 0 Å². The Morgan fingerprint density at radius 3 is 2.60 bits per heavy atom. The zero-order valence-electron chi connectivity index (χ0n) is 14.0. The van der Waals surface area contributed by atoms with Crippen LogP contribution in [0.1, 0.15) is 20.3 Å². The van der Waals surface area contributed by atoms with Crippen molar-refractivity contribution in [2.75, 3.05) is 5.32 Å². The molecule has 0 radical (unpaired) electrons. The third kappa shape index (κ3) is 2.41. The van der Waals surface area contributed by atoms with Gasteiger partial charge in [-0.25, -0.2) is 9.07 Å². The van der Waals surface area contributed by atoms with E-state index in [1.807, 2.05) is 38.1 Å². The van der Waals surface area contributed by atoms with E-state index in [1.165, 1.54) is 12.1 Å². The van der Waals surface area contributed by atoms with E-state index in [-0.39, 0.29) is 11.5 Å². The summed E-state index contributed by atoms with van der Waals surface area (Å²) in [5.74, 6) is 0.179. The van der Waals surface area contributed by atoms with Crippen molar-refractivity contribution in [1.29, 1.82) is 0 Å². The van der Waals surface area contributed by atoms with E-state index in [2.05, 4.69) is 15.4 Å². The molecule has 3 aromatic rings. The van der Waals surface area contributed by atoms with Gasteiger partial charge in [0.25, 0.3) is 5.56 Å². The van der Waals surface area contributed by atoms with Crippen LogP contribution in [0.2, 0.25) is 0 Å². The number of halogens is 1. The molecule has 1 aliphatic rings. The van der Waals surface area contributed by atoms with Crippen LogP contribution in [0.25, 0.3) is 22.6 Å². The predicted octanol–water partition coefficient (Wildman–Crippen LogP) is 3.62. The largest absolute Gasteiger partial charge is 0.361 e. The molecule has 1 aliphatic heterocycles. The number of fused-ring (bicyclic) bond motifs is 3. The summed E-state index contributed by atoms with van der Waals surface area (Å²) in [6.07, 6.45) is 0.745. The molecule has 0 spiro atoms. The van der Waals surface area contributed by atoms with Crippen LogP contribution < -0.4 is 10.9 Å². The molecule has 0 bridgehead atoms. The van der Waals surface area contributed by atoms with Gasteiger partial charge in [0.1, 0.15) is 11.5 Å². The Balaban J connectivity index is 1.99. The number of hydrogen-bond acceptors (Lipinski definition) is 4. The van der Waals surface area contributed by atoms with Crippen molar-refractivity contribution in [2.24, 2.45) is 0 Å². The van der Waals surface area contributed by atoms with Crippen molar-refractivity contribution in [2.45, 2.75) is 25.9 Å². The van der Waals surface area contributed by atoms with Gasteiger partial charge < -0.3 is 5.32 Å². The maximum absolute atomic E-state index is 13.2. The van der Waals surface area contributed by atoms with Crippen LogP contribution in [-0.4, -0.2) is 14.8 Å². The molecule has 1 N–H and O–H groups in total. The maximum atomic E-state index is 13.2. The average molecular weight is 336 g/mol. The van der Waals surface area contributed by atoms with Crippen molar-refractivity contribution in [3.8, 4) is 22.6 Å². The van der Waals surface area contributed by atoms with Gasteiger partial charge in [-0.15, -0.1) is 0 Å². The molecule has 6 heteroatoms. The predicted molar refractivity (Wildman–Crippen MR) is 94.7 cm³/mol. The molecule has 1 aromatic heterocycles. The number of para-hydroxylation sites is 1. The molecule has 25 heavy (non-hydrogen) atoms. The standard InChI is InChI=1S/C19H17FN4O/c1-3-19(2)22-15-7-5-4-6-14(15)17-21-18(25)16(23-24(17)19)12-8-10-13(20)11-9-12/h4-11,22H,3H2,1-2H3/t19-/m1/s1. The minimum Gasteiger partial charge on any atom is -0.361 e. The SMILES string of the molecule is CC[C@]1(C)Nc2ccccc2-c2nc(=O)c(-c3ccc(F)cc3)nn21. The molecule has 0 unspecified atom stereocenters. The molecule has 0 saturated carbocycles. The van der Waals surface area contributed by atoms with E-state index in [0.717, 1.165) is 17.7 Å². The maximum Gasteiger partial charge on any atom is 0.300 e. The van der Waals surface area contributed by atoms with Crippen molar-refractivity contribution >= 4 is 5.69 Å². The van der Waals surface area contributed by atoms with E-state index in [9.17, 15) is 9.18 Å². The summed E-state index contributed by atoms with van der Waals surface area (Å²) in [7, 11) is 0. The van der Waals surface area contributed by atoms with Gasteiger partial charge in [-0.05, 0) is 49.7 Å². The lowest BCUT2D eigenvalue weighted by molar-refractivity contribution is 0.312. The topological polar surface area (TPSA) is 59.8 Å². The zero-order chi connectivity index (χ0) is 17.6. The summed E-state index contributed by atoms with van der Waals surface area (Å²) < 4.78 is 14.9. The molecule has 5 nitrogen and oxygen atoms in total. The molecular weight excluding hydrogens is 319 g/mol. The summed E-state index contributed by atoms with van der Waals surface area (Å²) in [5, 5.41) is 8.08. The Hall–Kier alpha value is -3.02. The van der Waals surface area contributed by atoms with Gasteiger partial charge >= 0.3 is 0 Å². The monoisotopic (exact) mass is 336 g/mol. The van der Waals surface area contributed by atoms with Crippen LogP contribution in [0.5, 0.6) is 0 Å². The second-order valence-electron chi connectivity index (χ2n) is 6.31. The van der Waals surface area contributed by atoms with Crippen molar-refractivity contribution in [1.82, 2.24) is 14.8 Å². The van der Waals surface area contributed by atoms with Crippen LogP contribution >= 0.6 is 0 Å². The third-order valence-corrected chi connectivity index (χ3v) is 4.66. The molecule has 126 valence electrons. The molecular formula is C19H17FN4O. The highest BCUT2D eigenvalue weighted by Gasteiger charge is 2.34. The van der Waals surface area contributed by atoms with E-state index in [0.29, 0.717) is 11.4 Å². The first-order valence-corrected chi connectivity index (χ1v) is 8.17. The molecule has 4 rings (SSSR count). The van der Waals surface area contributed by atoms with E-state index in [1.54, 1.807) is 16.8 Å². The van der Waals surface area contributed by atoms with Gasteiger partial charge in [-0.1, -0.05) is 19.1 Å². The van der Waals surface area contributed by atoms with Crippen molar-refractivity contribution < 1.29 is 4.39 Å². The van der Waals surface area contributed by atoms with Gasteiger partial charge in [-0.3, -0.25) is 4.79 Å². The van der Waals surface area contributed by atoms with Crippen LogP contribution in [0.3, 0.4) is 0 Å². The highest BCUT2D eigenvalue weighted by molar-refractivity contribution is 5.76. The summed E-state index contributed by atoms with van der Waals surface area (Å²) in [4.78, 5) is 16.9. The summed E-state index contributed by atoms with van der Waals surface area (Å²) >= 11 is 0. The number of nitrogens with zero attached hydrogens (tertiary/aromatic N) is 3. The summed E-state index contributed by atoms with van der Waals surface area (Å²) in [6, 6.07) is 13.4. The summed E-state index contributed by atoms with van der Waals surface area (Å²) in [5.41, 5.74) is 1.59. The molecule has 2 heterocycles. The fraction of sp³-hybridized carbons (Fsp3) is 0.211. The van der Waals surface area contributed by atoms with Crippen LogP contribution in [0.15, 0.2) is 53.3 Å². The minimum atomic E-state index is -0.515. The Morgan fingerprint density at radius 1 is 1.16 bits per heavy atom. The second kappa shape index (κ2) is 5.51. The van der Waals surface area contributed by atoms with E-state index < -0.39 is 11.2 Å². The number of benzene rings is 2. The lowest BCUT2D eigenvalue weighted by atomic mass is 10.0. The quantitative estimate of drug-likeness (QED) is 0.776. The van der Waals surface area contributed by atoms with Crippen LogP contribution in [0.4, 0.5) is 10.1 Å². The highest BCUT2D eigenvalue weighted by Crippen LogP contribution is 2.37. The third-order valence-electron chi connectivity index (χ3n) is 4.66. The first-order valence-electron chi connectivity index (χ1n) is 8.17. The minimum absolute atomic E-state index is 0.213. The van der Waals surface area contributed by atoms with Gasteiger partial charge in [0.2, 0.25) is 0 Å². The first-order chi connectivity index (χ1) is 12.0. The van der Waals surface area contributed by atoms with Crippen molar-refractivity contribution in [3.63, 3.8) is 0 Å². The number of hydrogen-bond donors (Lipinski definition) is 1. The van der Waals surface area contributed by atoms with E-state index >= 15 is 0 Å². The Kier molecular flexibility index (Phi) is 3.42. The first kappa shape index (κ1) is 15.5. The molecule has 0 amide bonds. The Bertz CT molecular complexity index is 1010. The van der Waals surface area contributed by atoms with Crippen LogP contribution in [-0.2, 0) is 5.66 Å². The van der Waals surface area contributed by atoms with Crippen LogP contribution in [0, 0.1) is 5.82 Å². The Labute approximate surface area is 144 Å². The second-order valence-corrected chi connectivity index (χ2v) is 6.31.